The average Bonchev–Trinajstić information content (AvgIpc) is 2.02. The zero-order valence-corrected chi connectivity index (χ0v) is 8.72. The molecule has 0 saturated carbocycles. The molecule has 12 heavy (non-hydrogen) atoms. The Hall–Kier alpha value is -0.720. The first-order valence-corrected chi connectivity index (χ1v) is 4.77. The van der Waals surface area contributed by atoms with E-state index in [0.717, 1.165) is 18.9 Å². The lowest BCUT2D eigenvalue weighted by molar-refractivity contribution is 0.663. The summed E-state index contributed by atoms with van der Waals surface area (Å²) >= 11 is 0. The topological polar surface area (TPSA) is 12.0 Å². The highest BCUT2D eigenvalue weighted by atomic mass is 14.9. The first kappa shape index (κ1) is 11.3. The SMILES string of the molecule is C/C=C(\C=C/CC(C)C)NCC. The summed E-state index contributed by atoms with van der Waals surface area (Å²) in [5.41, 5.74) is 1.22. The maximum atomic E-state index is 3.28. The van der Waals surface area contributed by atoms with Crippen LogP contribution in [0.15, 0.2) is 23.9 Å². The Kier molecular flexibility index (Phi) is 6.54. The van der Waals surface area contributed by atoms with Gasteiger partial charge >= 0.3 is 0 Å². The fraction of sp³-hybridized carbons (Fsp3) is 0.636. The van der Waals surface area contributed by atoms with Gasteiger partial charge in [-0.2, -0.15) is 0 Å². The Morgan fingerprint density at radius 1 is 1.42 bits per heavy atom. The second kappa shape index (κ2) is 6.96. The lowest BCUT2D eigenvalue weighted by Gasteiger charge is -2.03. The summed E-state index contributed by atoms with van der Waals surface area (Å²) in [7, 11) is 0. The molecule has 0 bridgehead atoms. The van der Waals surface area contributed by atoms with Crippen molar-refractivity contribution >= 4 is 0 Å². The average molecular weight is 167 g/mol. The highest BCUT2D eigenvalue weighted by Crippen LogP contribution is 2.01. The molecule has 0 fully saturated rings. The van der Waals surface area contributed by atoms with Gasteiger partial charge in [-0.05, 0) is 32.3 Å². The molecule has 0 heterocycles. The van der Waals surface area contributed by atoms with E-state index in [1.165, 1.54) is 5.70 Å². The number of allylic oxidation sites excluding steroid dienone is 3. The van der Waals surface area contributed by atoms with Crippen molar-refractivity contribution < 1.29 is 0 Å². The number of hydrogen-bond donors (Lipinski definition) is 1. The van der Waals surface area contributed by atoms with Crippen LogP contribution in [0.1, 0.15) is 34.1 Å². The quantitative estimate of drug-likeness (QED) is 0.620. The van der Waals surface area contributed by atoms with Crippen molar-refractivity contribution in [2.75, 3.05) is 6.54 Å². The minimum atomic E-state index is 0.751. The number of likely N-dealkylation sites (N-methyl/N-ethyl adjacent to an activating group) is 1. The molecule has 0 aromatic rings. The van der Waals surface area contributed by atoms with E-state index in [1.807, 2.05) is 0 Å². The van der Waals surface area contributed by atoms with Crippen molar-refractivity contribution in [3.63, 3.8) is 0 Å². The third kappa shape index (κ3) is 6.02. The molecule has 0 rings (SSSR count). The maximum absolute atomic E-state index is 3.28. The molecule has 1 N–H and O–H groups in total. The van der Waals surface area contributed by atoms with Gasteiger partial charge < -0.3 is 5.32 Å². The van der Waals surface area contributed by atoms with E-state index in [9.17, 15) is 0 Å². The molecule has 0 aromatic heterocycles. The summed E-state index contributed by atoms with van der Waals surface area (Å²) in [5, 5.41) is 3.28. The third-order valence-corrected chi connectivity index (χ3v) is 1.60. The predicted octanol–water partition coefficient (Wildman–Crippen LogP) is 3.10. The third-order valence-electron chi connectivity index (χ3n) is 1.60. The van der Waals surface area contributed by atoms with Crippen LogP contribution >= 0.6 is 0 Å². The van der Waals surface area contributed by atoms with Crippen LogP contribution in [0.25, 0.3) is 0 Å². The molecule has 0 aliphatic heterocycles. The molecule has 1 nitrogen and oxygen atoms in total. The van der Waals surface area contributed by atoms with Crippen molar-refractivity contribution in [1.82, 2.24) is 5.32 Å². The highest BCUT2D eigenvalue weighted by Gasteiger charge is 1.88. The fourth-order valence-corrected chi connectivity index (χ4v) is 0.929. The Balaban J connectivity index is 3.78. The minimum Gasteiger partial charge on any atom is -0.386 e. The number of nitrogens with one attached hydrogen (secondary N) is 1. The second-order valence-corrected chi connectivity index (χ2v) is 3.31. The molecule has 0 spiro atoms. The molecule has 0 amide bonds. The zero-order chi connectivity index (χ0) is 9.40. The van der Waals surface area contributed by atoms with Crippen molar-refractivity contribution in [2.45, 2.75) is 34.1 Å². The molecule has 0 aliphatic carbocycles. The summed E-state index contributed by atoms with van der Waals surface area (Å²) < 4.78 is 0. The van der Waals surface area contributed by atoms with Crippen molar-refractivity contribution in [3.05, 3.63) is 23.9 Å². The van der Waals surface area contributed by atoms with Gasteiger partial charge in [0.15, 0.2) is 0 Å². The van der Waals surface area contributed by atoms with Crippen LogP contribution in [0.4, 0.5) is 0 Å². The fourth-order valence-electron chi connectivity index (χ4n) is 0.929. The molecule has 0 aliphatic rings. The summed E-state index contributed by atoms with van der Waals surface area (Å²) in [4.78, 5) is 0. The first-order chi connectivity index (χ1) is 5.70. The lowest BCUT2D eigenvalue weighted by atomic mass is 10.1. The van der Waals surface area contributed by atoms with Crippen molar-refractivity contribution in [2.24, 2.45) is 5.92 Å². The van der Waals surface area contributed by atoms with Gasteiger partial charge in [0.05, 0.1) is 0 Å². The van der Waals surface area contributed by atoms with Crippen LogP contribution in [0.3, 0.4) is 0 Å². The van der Waals surface area contributed by atoms with E-state index in [4.69, 9.17) is 0 Å². The molecule has 0 radical (unpaired) electrons. The van der Waals surface area contributed by atoms with Crippen molar-refractivity contribution in [3.8, 4) is 0 Å². The molecule has 0 aromatic carbocycles. The van der Waals surface area contributed by atoms with E-state index in [0.29, 0.717) is 0 Å². The first-order valence-electron chi connectivity index (χ1n) is 4.77. The van der Waals surface area contributed by atoms with Gasteiger partial charge in [0.25, 0.3) is 0 Å². The molecule has 1 heteroatoms. The molecular formula is C11H21N. The van der Waals surface area contributed by atoms with E-state index in [-0.39, 0.29) is 0 Å². The van der Waals surface area contributed by atoms with E-state index in [2.05, 4.69) is 51.2 Å². The van der Waals surface area contributed by atoms with Crippen LogP contribution < -0.4 is 5.32 Å². The van der Waals surface area contributed by atoms with Gasteiger partial charge in [-0.25, -0.2) is 0 Å². The highest BCUT2D eigenvalue weighted by molar-refractivity contribution is 5.15. The molecule has 0 unspecified atom stereocenters. The van der Waals surface area contributed by atoms with Crippen LogP contribution in [0, 0.1) is 5.92 Å². The second-order valence-electron chi connectivity index (χ2n) is 3.31. The van der Waals surface area contributed by atoms with Gasteiger partial charge in [-0.1, -0.05) is 26.0 Å². The van der Waals surface area contributed by atoms with Crippen LogP contribution in [0.2, 0.25) is 0 Å². The van der Waals surface area contributed by atoms with Gasteiger partial charge in [0.2, 0.25) is 0 Å². The van der Waals surface area contributed by atoms with Gasteiger partial charge in [-0.15, -0.1) is 0 Å². The standard InChI is InChI=1S/C11H21N/c1-5-11(12-6-2)9-7-8-10(3)4/h5,7,9-10,12H,6,8H2,1-4H3/b9-7-,11-5+. The maximum Gasteiger partial charge on any atom is 0.0293 e. The van der Waals surface area contributed by atoms with E-state index in [1.54, 1.807) is 0 Å². The normalized spacial score (nSPS) is 12.9. The summed E-state index contributed by atoms with van der Waals surface area (Å²) in [5.74, 6) is 0.751. The predicted molar refractivity (Wildman–Crippen MR) is 56.0 cm³/mol. The molecule has 70 valence electrons. The Morgan fingerprint density at radius 3 is 2.50 bits per heavy atom. The van der Waals surface area contributed by atoms with Crippen LogP contribution in [0.5, 0.6) is 0 Å². The minimum absolute atomic E-state index is 0.751. The monoisotopic (exact) mass is 167 g/mol. The van der Waals surface area contributed by atoms with E-state index < -0.39 is 0 Å². The van der Waals surface area contributed by atoms with Gasteiger partial charge in [0.1, 0.15) is 0 Å². The largest absolute Gasteiger partial charge is 0.386 e. The zero-order valence-electron chi connectivity index (χ0n) is 8.72. The summed E-state index contributed by atoms with van der Waals surface area (Å²) in [6, 6.07) is 0. The number of rotatable bonds is 5. The van der Waals surface area contributed by atoms with Crippen LogP contribution in [-0.2, 0) is 0 Å². The Bertz CT molecular complexity index is 154. The number of hydrogen-bond acceptors (Lipinski definition) is 1. The molecule has 0 atom stereocenters. The summed E-state index contributed by atoms with van der Waals surface area (Å²) in [6.45, 7) is 9.61. The lowest BCUT2D eigenvalue weighted by Crippen LogP contribution is -2.09. The van der Waals surface area contributed by atoms with Crippen LogP contribution in [-0.4, -0.2) is 6.54 Å². The molecular weight excluding hydrogens is 146 g/mol. The van der Waals surface area contributed by atoms with Gasteiger partial charge in [-0.3, -0.25) is 0 Å². The van der Waals surface area contributed by atoms with Gasteiger partial charge in [0, 0.05) is 12.2 Å². The van der Waals surface area contributed by atoms with E-state index >= 15 is 0 Å². The Morgan fingerprint density at radius 2 is 2.08 bits per heavy atom. The summed E-state index contributed by atoms with van der Waals surface area (Å²) in [6.07, 6.45) is 7.63. The molecule has 0 saturated heterocycles. The smallest absolute Gasteiger partial charge is 0.0293 e. The Labute approximate surface area is 76.6 Å². The van der Waals surface area contributed by atoms with Crippen molar-refractivity contribution in [1.29, 1.82) is 0 Å².